The van der Waals surface area contributed by atoms with E-state index in [1.807, 2.05) is 25.1 Å². The van der Waals surface area contributed by atoms with Crippen molar-refractivity contribution in [3.8, 4) is 5.75 Å². The van der Waals surface area contributed by atoms with E-state index in [9.17, 15) is 13.2 Å². The number of benzene rings is 1. The molecule has 0 bridgehead atoms. The summed E-state index contributed by atoms with van der Waals surface area (Å²) in [4.78, 5) is 11.1. The van der Waals surface area contributed by atoms with Gasteiger partial charge in [0.15, 0.2) is 24.7 Å². The Morgan fingerprint density at radius 3 is 2.74 bits per heavy atom. The first kappa shape index (κ1) is 27.6. The van der Waals surface area contributed by atoms with Crippen LogP contribution in [0.2, 0.25) is 0 Å². The summed E-state index contributed by atoms with van der Waals surface area (Å²) >= 11 is 0. The Labute approximate surface area is 225 Å². The predicted octanol–water partition coefficient (Wildman–Crippen LogP) is 3.16. The van der Waals surface area contributed by atoms with Crippen molar-refractivity contribution in [2.45, 2.75) is 45.0 Å². The molecule has 3 aliphatic rings. The van der Waals surface area contributed by atoms with Gasteiger partial charge in [-0.05, 0) is 25.3 Å². The second-order valence-corrected chi connectivity index (χ2v) is 9.85. The fourth-order valence-electron chi connectivity index (χ4n) is 5.12. The number of nitrogens with two attached hydrogens (primary N) is 1. The van der Waals surface area contributed by atoms with Crippen LogP contribution in [-0.2, 0) is 22.5 Å². The molecule has 13 heteroatoms. The first-order valence-electron chi connectivity index (χ1n) is 13.3. The average Bonchev–Trinajstić information content (AvgIpc) is 2.92. The van der Waals surface area contributed by atoms with Crippen molar-refractivity contribution >= 4 is 28.7 Å². The number of aryl methyl sites for hydroxylation is 1. The summed E-state index contributed by atoms with van der Waals surface area (Å²) < 4.78 is 57.6. The van der Waals surface area contributed by atoms with Crippen molar-refractivity contribution in [2.75, 3.05) is 63.4 Å². The molecule has 5 rings (SSSR count). The van der Waals surface area contributed by atoms with Crippen LogP contribution in [0.3, 0.4) is 0 Å². The highest BCUT2D eigenvalue weighted by atomic mass is 19.4. The number of aromatic nitrogens is 2. The maximum atomic E-state index is 12.9. The van der Waals surface area contributed by atoms with Gasteiger partial charge in [0.05, 0.1) is 38.7 Å². The lowest BCUT2D eigenvalue weighted by atomic mass is 10.1. The van der Waals surface area contributed by atoms with Gasteiger partial charge in [-0.3, -0.25) is 4.90 Å². The molecule has 10 nitrogen and oxygen atoms in total. The first-order valence-corrected chi connectivity index (χ1v) is 13.3. The van der Waals surface area contributed by atoms with Crippen LogP contribution in [0.15, 0.2) is 18.2 Å². The minimum atomic E-state index is -4.22. The minimum Gasteiger partial charge on any atom is -0.476 e. The lowest BCUT2D eigenvalue weighted by Crippen LogP contribution is -2.49. The highest BCUT2D eigenvalue weighted by Crippen LogP contribution is 2.35. The molecule has 1 saturated heterocycles. The second kappa shape index (κ2) is 12.0. The van der Waals surface area contributed by atoms with Gasteiger partial charge in [0, 0.05) is 37.1 Å². The Morgan fingerprint density at radius 1 is 1.18 bits per heavy atom. The van der Waals surface area contributed by atoms with Gasteiger partial charge in [-0.25, -0.2) is 9.97 Å². The van der Waals surface area contributed by atoms with Crippen LogP contribution in [0.5, 0.6) is 5.75 Å². The molecular weight excluding hydrogens is 515 g/mol. The highest BCUT2D eigenvalue weighted by molar-refractivity contribution is 5.86. The zero-order chi connectivity index (χ0) is 27.4. The largest absolute Gasteiger partial charge is 0.476 e. The monoisotopic (exact) mass is 550 g/mol. The predicted molar refractivity (Wildman–Crippen MR) is 140 cm³/mol. The maximum absolute atomic E-state index is 12.9. The van der Waals surface area contributed by atoms with Gasteiger partial charge in [-0.2, -0.15) is 17.7 Å². The van der Waals surface area contributed by atoms with Crippen LogP contribution >= 0.6 is 0 Å². The summed E-state index contributed by atoms with van der Waals surface area (Å²) in [7, 11) is 0. The van der Waals surface area contributed by atoms with Gasteiger partial charge in [0.1, 0.15) is 11.5 Å². The topological polar surface area (TPSA) is 110 Å². The number of halogens is 3. The van der Waals surface area contributed by atoms with Gasteiger partial charge in [0.2, 0.25) is 11.4 Å². The van der Waals surface area contributed by atoms with Gasteiger partial charge in [-0.1, -0.05) is 6.92 Å². The summed E-state index contributed by atoms with van der Waals surface area (Å²) in [5.41, 5.74) is 9.48. The Morgan fingerprint density at radius 2 is 2.00 bits per heavy atom. The molecule has 0 radical (unpaired) electrons. The van der Waals surface area contributed by atoms with E-state index >= 15 is 0 Å². The van der Waals surface area contributed by atoms with Crippen molar-refractivity contribution in [1.82, 2.24) is 14.9 Å². The molecule has 0 spiro atoms. The van der Waals surface area contributed by atoms with E-state index in [4.69, 9.17) is 29.9 Å². The summed E-state index contributed by atoms with van der Waals surface area (Å²) in [6, 6.07) is 5.96. The van der Waals surface area contributed by atoms with E-state index < -0.39 is 12.7 Å². The summed E-state index contributed by atoms with van der Waals surface area (Å²) in [6.07, 6.45) is -1.71. The Kier molecular flexibility index (Phi) is 8.50. The number of ether oxygens (including phenoxy) is 3. The number of rotatable bonds is 9. The fourth-order valence-corrected chi connectivity index (χ4v) is 5.12. The molecule has 1 aromatic carbocycles. The Hall–Kier alpha value is -3.00. The summed E-state index contributed by atoms with van der Waals surface area (Å²) in [5, 5.41) is 6.91. The normalized spacial score (nSPS) is 18.4. The third-order valence-electron chi connectivity index (χ3n) is 7.03. The fraction of sp³-hybridized carbons (Fsp3) is 0.577. The lowest BCUT2D eigenvalue weighted by molar-refractivity contribution is -0.455. The summed E-state index contributed by atoms with van der Waals surface area (Å²) in [6.45, 7) is 4.09. The minimum absolute atomic E-state index is 0.0619. The van der Waals surface area contributed by atoms with Crippen LogP contribution in [-0.4, -0.2) is 90.1 Å². The molecule has 4 heterocycles. The molecule has 39 heavy (non-hydrogen) atoms. The zero-order valence-electron chi connectivity index (χ0n) is 22.0. The quantitative estimate of drug-likeness (QED) is 0.320. The van der Waals surface area contributed by atoms with Crippen molar-refractivity contribution in [1.29, 1.82) is 0 Å². The molecule has 2 aromatic rings. The Balaban J connectivity index is 1.38. The molecule has 0 saturated carbocycles. The van der Waals surface area contributed by atoms with E-state index in [0.717, 1.165) is 41.4 Å². The van der Waals surface area contributed by atoms with Gasteiger partial charge in [0.25, 0.3) is 0 Å². The smallest absolute Gasteiger partial charge is 0.401 e. The number of nitrogens with one attached hydrogen (secondary N) is 2. The number of alkyl halides is 3. The maximum Gasteiger partial charge on any atom is 0.401 e. The van der Waals surface area contributed by atoms with Crippen molar-refractivity contribution in [2.24, 2.45) is 5.73 Å². The molecule has 1 fully saturated rings. The molecule has 4 N–H and O–H groups in total. The van der Waals surface area contributed by atoms with Crippen LogP contribution in [0.4, 0.5) is 36.2 Å². The molecule has 0 unspecified atom stereocenters. The van der Waals surface area contributed by atoms with E-state index in [1.54, 1.807) is 0 Å². The van der Waals surface area contributed by atoms with E-state index in [1.165, 1.54) is 4.90 Å². The molecule has 0 aliphatic carbocycles. The number of hydrogen-bond acceptors (Lipinski definition) is 9. The molecule has 212 valence electrons. The first-order chi connectivity index (χ1) is 18.8. The van der Waals surface area contributed by atoms with Crippen molar-refractivity contribution in [3.05, 3.63) is 29.6 Å². The molecule has 0 atom stereocenters. The van der Waals surface area contributed by atoms with Crippen LogP contribution in [0, 0.1) is 0 Å². The van der Waals surface area contributed by atoms with Crippen LogP contribution in [0.25, 0.3) is 0 Å². The van der Waals surface area contributed by atoms with Gasteiger partial charge < -0.3 is 30.6 Å². The number of hydrogen-bond donors (Lipinski definition) is 3. The van der Waals surface area contributed by atoms with Crippen LogP contribution < -0.4 is 21.1 Å². The average molecular weight is 551 g/mol. The molecule has 0 amide bonds. The van der Waals surface area contributed by atoms with E-state index in [0.29, 0.717) is 50.0 Å². The lowest BCUT2D eigenvalue weighted by Gasteiger charge is -2.29. The third kappa shape index (κ3) is 6.78. The third-order valence-corrected chi connectivity index (χ3v) is 7.03. The standard InChI is InChI=1S/C26H35F3N7O3/c1-2-20-24(31-17-5-9-37-10-6-17)34-25(21(33-20)14-38-16-30)32-18-3-4-22-23(11-18)39-13-19-12-35(7-8-36(19)22)15-26(27,28)29/h3-4,11,17H,2,5-10,12-16,30H2,1H3,(H2,31,32,34)/q+1. The highest BCUT2D eigenvalue weighted by Gasteiger charge is 2.38. The Bertz CT molecular complexity index is 1200. The molecule has 1 aromatic heterocycles. The van der Waals surface area contributed by atoms with Gasteiger partial charge >= 0.3 is 6.18 Å². The molecular formula is C26H35F3N7O3+. The SMILES string of the molecule is CCc1nc(COCN)c(Nc2ccc3c(c2)OCC2=[N+]3CCN(CC(F)(F)F)C2)nc1NC1CCOCC1. The van der Waals surface area contributed by atoms with E-state index in [-0.39, 0.29) is 32.5 Å². The van der Waals surface area contributed by atoms with Gasteiger partial charge in [-0.15, -0.1) is 0 Å². The second-order valence-electron chi connectivity index (χ2n) is 9.85. The number of nitrogens with zero attached hydrogens (tertiary/aromatic N) is 4. The molecule has 3 aliphatic heterocycles. The van der Waals surface area contributed by atoms with Crippen molar-refractivity contribution < 1.29 is 32.0 Å². The van der Waals surface area contributed by atoms with Crippen molar-refractivity contribution in [3.63, 3.8) is 0 Å². The number of anilines is 3. The summed E-state index contributed by atoms with van der Waals surface area (Å²) in [5.74, 6) is 1.94. The zero-order valence-corrected chi connectivity index (χ0v) is 22.0. The van der Waals surface area contributed by atoms with E-state index in [2.05, 4.69) is 15.2 Å². The number of fused-ring (bicyclic) bond motifs is 2. The van der Waals surface area contributed by atoms with Crippen LogP contribution in [0.1, 0.15) is 31.2 Å².